The molecule has 0 aliphatic carbocycles. The fourth-order valence-electron chi connectivity index (χ4n) is 0. The monoisotopic (exact) mass is 70.0 g/mol. The lowest BCUT2D eigenvalue weighted by molar-refractivity contribution is 2.07. The lowest BCUT2D eigenvalue weighted by Gasteiger charge is -1.56. The van der Waals surface area contributed by atoms with Crippen LogP contribution in [0.3, 0.4) is 0 Å². The minimum absolute atomic E-state index is 0.608. The Labute approximate surface area is 29.8 Å². The van der Waals surface area contributed by atoms with Crippen LogP contribution < -0.4 is 0 Å². The Balaban J connectivity index is 2.30. The molecule has 0 heterocycles. The normalized spacial score (nSPS) is 6.00. The summed E-state index contributed by atoms with van der Waals surface area (Å²) >= 11 is 0. The van der Waals surface area contributed by atoms with Crippen LogP contribution in [-0.4, -0.2) is 13.6 Å². The van der Waals surface area contributed by atoms with Crippen LogP contribution in [0.5, 0.6) is 0 Å². The average Bonchev–Trinajstić information content (AvgIpc) is 1.37. The molecule has 0 spiro atoms. The van der Waals surface area contributed by atoms with E-state index in [2.05, 4.69) is 8.86 Å². The molecule has 20 valence electrons. The maximum atomic E-state index is 4.92. The Hall–Kier alpha value is 0.235. The minimum Gasteiger partial charge on any atom is -0.127 e. The van der Waals surface area contributed by atoms with Gasteiger partial charge in [0.1, 0.15) is 0 Å². The minimum atomic E-state index is 0.608. The highest BCUT2D eigenvalue weighted by Crippen LogP contribution is 1.58. The molecule has 2 heteroatoms. The van der Waals surface area contributed by atoms with E-state index in [1.165, 1.54) is 0 Å². The molecule has 0 aromatic rings. The Kier molecular flexibility index (Phi) is 3.42. The van der Waals surface area contributed by atoms with Gasteiger partial charge in [-0.2, -0.15) is 0 Å². The summed E-state index contributed by atoms with van der Waals surface area (Å²) in [6.07, 6.45) is 0.608. The molecule has 0 unspecified atom stereocenters. The average molecular weight is 69.8 g/mol. The van der Waals surface area contributed by atoms with Crippen LogP contribution in [-0.2, 0) is 0 Å². The van der Waals surface area contributed by atoms with Gasteiger partial charge in [-0.05, 0) is 0 Å². The highest BCUT2D eigenvalue weighted by molar-refractivity contribution is 7.18. The third-order valence-electron chi connectivity index (χ3n) is 0.118. The summed E-state index contributed by atoms with van der Waals surface area (Å²) in [6, 6.07) is 0. The van der Waals surface area contributed by atoms with Gasteiger partial charge in [0.2, 0.25) is 0 Å². The van der Waals surface area contributed by atoms with Crippen molar-refractivity contribution in [3.63, 3.8) is 0 Å². The maximum Gasteiger partial charge on any atom is 0.0712 e. The highest BCUT2D eigenvalue weighted by atomic mass is 31.0. The van der Waals surface area contributed by atoms with Gasteiger partial charge in [-0.15, -0.1) is 8.86 Å². The topological polar surface area (TPSA) is 0 Å². The van der Waals surface area contributed by atoms with E-state index in [4.69, 9.17) is 7.85 Å². The van der Waals surface area contributed by atoms with E-state index < -0.39 is 0 Å². The number of rotatable bonds is 1. The molecular weight excluding hydrogens is 65.8 g/mol. The highest BCUT2D eigenvalue weighted by Gasteiger charge is 1.47. The SMILES string of the molecule is [B]CC=P. The summed E-state index contributed by atoms with van der Waals surface area (Å²) in [4.78, 5) is 0. The van der Waals surface area contributed by atoms with Crippen LogP contribution in [0.1, 0.15) is 0 Å². The van der Waals surface area contributed by atoms with E-state index in [1.54, 1.807) is 5.80 Å². The van der Waals surface area contributed by atoms with Crippen LogP contribution in [0.25, 0.3) is 0 Å². The molecule has 0 N–H and O–H groups in total. The zero-order valence-corrected chi connectivity index (χ0v) is 3.36. The molecule has 0 aliphatic rings. The Morgan fingerprint density at radius 3 is 2.25 bits per heavy atom. The number of hydrogen-bond donors (Lipinski definition) is 0. The van der Waals surface area contributed by atoms with Crippen molar-refractivity contribution in [1.82, 2.24) is 0 Å². The second-order valence-corrected chi connectivity index (χ2v) is 0.848. The Bertz CT molecular complexity index is 20.0. The van der Waals surface area contributed by atoms with Gasteiger partial charge in [0.25, 0.3) is 0 Å². The molecule has 0 fully saturated rings. The van der Waals surface area contributed by atoms with Crippen molar-refractivity contribution in [2.45, 2.75) is 6.32 Å². The van der Waals surface area contributed by atoms with Crippen LogP contribution in [0.4, 0.5) is 0 Å². The van der Waals surface area contributed by atoms with Gasteiger partial charge in [0.15, 0.2) is 0 Å². The predicted octanol–water partition coefficient (Wildman–Crippen LogP) is 0.518. The van der Waals surface area contributed by atoms with Gasteiger partial charge in [-0.25, -0.2) is 0 Å². The van der Waals surface area contributed by atoms with Crippen molar-refractivity contribution in [3.8, 4) is 0 Å². The third-order valence-corrected chi connectivity index (χ3v) is 0.354. The molecule has 0 aromatic carbocycles. The zero-order valence-electron chi connectivity index (χ0n) is 2.36. The van der Waals surface area contributed by atoms with Gasteiger partial charge in [-0.1, -0.05) is 12.1 Å². The smallest absolute Gasteiger partial charge is 0.0712 e. The van der Waals surface area contributed by atoms with Crippen LogP contribution in [0.15, 0.2) is 0 Å². The first-order valence-corrected chi connectivity index (χ1v) is 1.68. The Morgan fingerprint density at radius 2 is 2.25 bits per heavy atom. The third kappa shape index (κ3) is 2.23. The molecule has 4 heavy (non-hydrogen) atoms. The van der Waals surface area contributed by atoms with E-state index in [0.717, 1.165) is 0 Å². The molecule has 0 saturated carbocycles. The quantitative estimate of drug-likeness (QED) is 0.311. The first-order chi connectivity index (χ1) is 1.91. The largest absolute Gasteiger partial charge is 0.127 e. The summed E-state index contributed by atoms with van der Waals surface area (Å²) in [6.45, 7) is 0. The summed E-state index contributed by atoms with van der Waals surface area (Å²) in [5, 5.41) is 0. The summed E-state index contributed by atoms with van der Waals surface area (Å²) in [5.41, 5.74) is 0. The molecule has 0 amide bonds. The molecule has 0 aliphatic heterocycles. The van der Waals surface area contributed by atoms with Gasteiger partial charge in [0, 0.05) is 0 Å². The van der Waals surface area contributed by atoms with Gasteiger partial charge >= 0.3 is 0 Å². The van der Waals surface area contributed by atoms with E-state index in [0.29, 0.717) is 6.32 Å². The molecule has 0 saturated heterocycles. The van der Waals surface area contributed by atoms with Crippen molar-refractivity contribution >= 4 is 22.5 Å². The summed E-state index contributed by atoms with van der Waals surface area (Å²) in [7, 11) is 7.96. The fraction of sp³-hybridized carbons (Fsp3) is 0.500. The van der Waals surface area contributed by atoms with E-state index >= 15 is 0 Å². The maximum absolute atomic E-state index is 4.92. The molecular formula is C2H4BP. The summed E-state index contributed by atoms with van der Waals surface area (Å²) in [5.74, 6) is 1.71. The van der Waals surface area contributed by atoms with Crippen molar-refractivity contribution in [1.29, 1.82) is 0 Å². The van der Waals surface area contributed by atoms with Gasteiger partial charge in [0.05, 0.1) is 7.85 Å². The molecule has 2 radical (unpaired) electrons. The molecule has 0 bridgehead atoms. The van der Waals surface area contributed by atoms with Gasteiger partial charge in [-0.3, -0.25) is 0 Å². The first kappa shape index (κ1) is 4.23. The fourth-order valence-corrected chi connectivity index (χ4v) is 0. The van der Waals surface area contributed by atoms with Crippen molar-refractivity contribution in [3.05, 3.63) is 0 Å². The molecule has 0 atom stereocenters. The van der Waals surface area contributed by atoms with Crippen molar-refractivity contribution in [2.75, 3.05) is 0 Å². The van der Waals surface area contributed by atoms with E-state index in [1.807, 2.05) is 0 Å². The van der Waals surface area contributed by atoms with Crippen LogP contribution >= 0.6 is 8.86 Å². The van der Waals surface area contributed by atoms with Crippen LogP contribution in [0, 0.1) is 0 Å². The lowest BCUT2D eigenvalue weighted by atomic mass is 10.1. The van der Waals surface area contributed by atoms with E-state index in [-0.39, 0.29) is 0 Å². The second kappa shape index (κ2) is 3.23. The second-order valence-electron chi connectivity index (χ2n) is 0.440. The van der Waals surface area contributed by atoms with Gasteiger partial charge < -0.3 is 0 Å². The zero-order chi connectivity index (χ0) is 3.41. The lowest BCUT2D eigenvalue weighted by Crippen LogP contribution is -1.56. The molecule has 0 aromatic heterocycles. The predicted molar refractivity (Wildman–Crippen MR) is 24.9 cm³/mol. The van der Waals surface area contributed by atoms with Crippen molar-refractivity contribution in [2.24, 2.45) is 0 Å². The molecule has 0 rings (SSSR count). The molecule has 0 nitrogen and oxygen atoms in total. The van der Waals surface area contributed by atoms with Crippen molar-refractivity contribution < 1.29 is 0 Å². The first-order valence-electron chi connectivity index (χ1n) is 1.11. The van der Waals surface area contributed by atoms with E-state index in [9.17, 15) is 0 Å². The Morgan fingerprint density at radius 1 is 2.00 bits per heavy atom. The summed E-state index contributed by atoms with van der Waals surface area (Å²) < 4.78 is 0. The standard InChI is InChI=1S/C2H4BP/c3-1-2-4/h2,4H,1H2. The number of hydrogen-bond acceptors (Lipinski definition) is 0. The van der Waals surface area contributed by atoms with Crippen LogP contribution in [0.2, 0.25) is 6.32 Å².